The van der Waals surface area contributed by atoms with Crippen LogP contribution in [0.2, 0.25) is 0 Å². The first-order valence-corrected chi connectivity index (χ1v) is 5.61. The molecule has 4 N–H and O–H groups in total. The maximum atomic E-state index is 11.9. The van der Waals surface area contributed by atoms with Crippen LogP contribution in [0.4, 0.5) is 10.5 Å². The van der Waals surface area contributed by atoms with Gasteiger partial charge >= 0.3 is 6.03 Å². The molecule has 0 spiro atoms. The molecule has 0 aliphatic rings. The first kappa shape index (κ1) is 17.2. The Hall–Kier alpha value is -1.79. The van der Waals surface area contributed by atoms with Crippen LogP contribution in [0.1, 0.15) is 18.1 Å². The average Bonchev–Trinajstić information content (AvgIpc) is 2.30. The van der Waals surface area contributed by atoms with Crippen LogP contribution in [0.3, 0.4) is 0 Å². The highest BCUT2D eigenvalue weighted by Gasteiger charge is 2.22. The van der Waals surface area contributed by atoms with Crippen LogP contribution in [-0.4, -0.2) is 18.6 Å². The maximum Gasteiger partial charge on any atom is 0.352 e. The molecule has 1 aromatic carbocycles. The third-order valence-corrected chi connectivity index (χ3v) is 2.41. The van der Waals surface area contributed by atoms with Crippen LogP contribution in [0.15, 0.2) is 18.2 Å². The predicted molar refractivity (Wildman–Crippen MR) is 77.7 cm³/mol. The van der Waals surface area contributed by atoms with E-state index in [0.717, 1.165) is 16.0 Å². The minimum absolute atomic E-state index is 0. The van der Waals surface area contributed by atoms with E-state index in [1.807, 2.05) is 32.0 Å². The van der Waals surface area contributed by atoms with Crippen LogP contribution < -0.4 is 16.1 Å². The van der Waals surface area contributed by atoms with Crippen molar-refractivity contribution in [2.24, 2.45) is 5.73 Å². The predicted octanol–water partition coefficient (Wildman–Crippen LogP) is 2.09. The van der Waals surface area contributed by atoms with Gasteiger partial charge in [0.2, 0.25) is 5.96 Å². The van der Waals surface area contributed by atoms with Gasteiger partial charge in [-0.3, -0.25) is 10.2 Å². The minimum Gasteiger partial charge on any atom is -0.369 e. The Labute approximate surface area is 118 Å². The van der Waals surface area contributed by atoms with Gasteiger partial charge in [0, 0.05) is 0 Å². The van der Waals surface area contributed by atoms with Gasteiger partial charge < -0.3 is 5.73 Å². The summed E-state index contributed by atoms with van der Waals surface area (Å²) in [6, 6.07) is 5.01. The number of hydrogen-bond acceptors (Lipinski definition) is 3. The van der Waals surface area contributed by atoms with Crippen molar-refractivity contribution in [3.05, 3.63) is 29.3 Å². The van der Waals surface area contributed by atoms with Crippen LogP contribution in [0.5, 0.6) is 0 Å². The molecule has 1 aromatic rings. The molecule has 0 atom stereocenters. The van der Waals surface area contributed by atoms with Crippen molar-refractivity contribution in [2.75, 3.05) is 11.5 Å². The van der Waals surface area contributed by atoms with E-state index in [4.69, 9.17) is 16.0 Å². The summed E-state index contributed by atoms with van der Waals surface area (Å²) < 4.78 is 0. The number of hydroxylamine groups is 1. The molecule has 0 aromatic heterocycles. The van der Waals surface area contributed by atoms with Gasteiger partial charge in [0.25, 0.3) is 0 Å². The van der Waals surface area contributed by atoms with Crippen molar-refractivity contribution < 1.29 is 9.63 Å². The zero-order valence-electron chi connectivity index (χ0n) is 11.2. The molecule has 0 saturated heterocycles. The number of hydrogen-bond donors (Lipinski definition) is 3. The summed E-state index contributed by atoms with van der Waals surface area (Å²) in [5, 5.41) is 7.54. The van der Waals surface area contributed by atoms with Crippen molar-refractivity contribution in [2.45, 2.75) is 20.8 Å². The number of benzene rings is 1. The van der Waals surface area contributed by atoms with Crippen molar-refractivity contribution in [1.82, 2.24) is 5.48 Å². The van der Waals surface area contributed by atoms with Crippen LogP contribution in [0, 0.1) is 19.3 Å². The lowest BCUT2D eigenvalue weighted by molar-refractivity contribution is 0.0743. The molecule has 19 heavy (non-hydrogen) atoms. The Kier molecular flexibility index (Phi) is 6.89. The lowest BCUT2D eigenvalue weighted by Crippen LogP contribution is -2.47. The Morgan fingerprint density at radius 2 is 1.95 bits per heavy atom. The normalized spacial score (nSPS) is 9.42. The molecule has 0 heterocycles. The molecular weight excluding hydrogens is 268 g/mol. The van der Waals surface area contributed by atoms with Gasteiger partial charge in [0.15, 0.2) is 0 Å². The Balaban J connectivity index is 0.00000324. The Bertz CT molecular complexity index is 445. The van der Waals surface area contributed by atoms with E-state index < -0.39 is 6.03 Å². The number of para-hydroxylation sites is 1. The highest BCUT2D eigenvalue weighted by atomic mass is 35.5. The number of rotatable bonds is 3. The lowest BCUT2D eigenvalue weighted by atomic mass is 10.1. The van der Waals surface area contributed by atoms with Crippen molar-refractivity contribution in [3.63, 3.8) is 0 Å². The van der Waals surface area contributed by atoms with Gasteiger partial charge in [0.1, 0.15) is 0 Å². The van der Waals surface area contributed by atoms with E-state index in [2.05, 4.69) is 5.48 Å². The van der Waals surface area contributed by atoms with Gasteiger partial charge in [-0.2, -0.15) is 0 Å². The average molecular weight is 287 g/mol. The zero-order chi connectivity index (χ0) is 13.7. The lowest BCUT2D eigenvalue weighted by Gasteiger charge is -2.24. The SMILES string of the molecule is CCONC(=O)N(C(=N)N)c1c(C)cccc1C.Cl. The number of aryl methyl sites for hydroxylation is 2. The van der Waals surface area contributed by atoms with Crippen LogP contribution in [0.25, 0.3) is 0 Å². The number of anilines is 1. The largest absolute Gasteiger partial charge is 0.369 e. The van der Waals surface area contributed by atoms with E-state index >= 15 is 0 Å². The number of guanidine groups is 1. The summed E-state index contributed by atoms with van der Waals surface area (Å²) in [6.07, 6.45) is 0. The summed E-state index contributed by atoms with van der Waals surface area (Å²) in [5.41, 5.74) is 10.0. The molecular formula is C12H19ClN4O2. The van der Waals surface area contributed by atoms with Gasteiger partial charge in [-0.25, -0.2) is 15.2 Å². The number of halogens is 1. The number of carbonyl (C=O) groups is 1. The van der Waals surface area contributed by atoms with Gasteiger partial charge in [-0.1, -0.05) is 18.2 Å². The third-order valence-electron chi connectivity index (χ3n) is 2.41. The Morgan fingerprint density at radius 1 is 1.42 bits per heavy atom. The molecule has 0 saturated carbocycles. The molecule has 6 nitrogen and oxygen atoms in total. The molecule has 7 heteroatoms. The summed E-state index contributed by atoms with van der Waals surface area (Å²) in [4.78, 5) is 17.8. The number of nitrogens with two attached hydrogens (primary N) is 1. The second-order valence-corrected chi connectivity index (χ2v) is 3.80. The standard InChI is InChI=1S/C12H18N4O2.ClH/c1-4-18-15-12(17)16(11(13)14)10-8(2)6-5-7-9(10)3;/h5-7H,4H2,1-3H3,(H3,13,14)(H,15,17);1H. The summed E-state index contributed by atoms with van der Waals surface area (Å²) >= 11 is 0. The molecule has 0 aliphatic heterocycles. The Morgan fingerprint density at radius 3 is 2.37 bits per heavy atom. The summed E-state index contributed by atoms with van der Waals surface area (Å²) in [5.74, 6) is -0.357. The number of nitrogens with one attached hydrogen (secondary N) is 2. The number of nitrogens with zero attached hydrogens (tertiary/aromatic N) is 1. The first-order chi connectivity index (χ1) is 8.49. The molecule has 1 rings (SSSR count). The third kappa shape index (κ3) is 4.11. The molecule has 0 bridgehead atoms. The van der Waals surface area contributed by atoms with Crippen molar-refractivity contribution in [3.8, 4) is 0 Å². The molecule has 2 amide bonds. The molecule has 0 aliphatic carbocycles. The van der Waals surface area contributed by atoms with E-state index in [-0.39, 0.29) is 18.4 Å². The minimum atomic E-state index is -0.582. The second kappa shape index (κ2) is 7.60. The maximum absolute atomic E-state index is 11.9. The molecule has 0 fully saturated rings. The van der Waals surface area contributed by atoms with E-state index in [1.165, 1.54) is 0 Å². The number of carbonyl (C=O) groups excluding carboxylic acids is 1. The molecule has 0 unspecified atom stereocenters. The van der Waals surface area contributed by atoms with E-state index in [1.54, 1.807) is 6.92 Å². The second-order valence-electron chi connectivity index (χ2n) is 3.80. The number of amides is 2. The van der Waals surface area contributed by atoms with Crippen LogP contribution in [-0.2, 0) is 4.84 Å². The highest BCUT2D eigenvalue weighted by Crippen LogP contribution is 2.24. The first-order valence-electron chi connectivity index (χ1n) is 5.61. The fourth-order valence-corrected chi connectivity index (χ4v) is 1.67. The van der Waals surface area contributed by atoms with Crippen molar-refractivity contribution >= 4 is 30.1 Å². The summed E-state index contributed by atoms with van der Waals surface area (Å²) in [7, 11) is 0. The number of urea groups is 1. The smallest absolute Gasteiger partial charge is 0.352 e. The van der Waals surface area contributed by atoms with Gasteiger partial charge in [-0.15, -0.1) is 12.4 Å². The van der Waals surface area contributed by atoms with Crippen LogP contribution >= 0.6 is 12.4 Å². The fraction of sp³-hybridized carbons (Fsp3) is 0.333. The topological polar surface area (TPSA) is 91.4 Å². The fourth-order valence-electron chi connectivity index (χ4n) is 1.67. The summed E-state index contributed by atoms with van der Waals surface area (Å²) in [6.45, 7) is 5.79. The van der Waals surface area contributed by atoms with Gasteiger partial charge in [0.05, 0.1) is 12.3 Å². The molecule has 0 radical (unpaired) electrons. The van der Waals surface area contributed by atoms with E-state index in [9.17, 15) is 4.79 Å². The highest BCUT2D eigenvalue weighted by molar-refractivity contribution is 6.14. The monoisotopic (exact) mass is 286 g/mol. The van der Waals surface area contributed by atoms with Crippen molar-refractivity contribution in [1.29, 1.82) is 5.41 Å². The van der Waals surface area contributed by atoms with Gasteiger partial charge in [-0.05, 0) is 31.9 Å². The quantitative estimate of drug-likeness (QED) is 0.451. The molecule has 106 valence electrons. The van der Waals surface area contributed by atoms with E-state index in [0.29, 0.717) is 12.3 Å². The zero-order valence-corrected chi connectivity index (χ0v) is 12.0.